The molecule has 3 atom stereocenters. The number of nitrogens with zero attached hydrogens (tertiary/aromatic N) is 3. The van der Waals surface area contributed by atoms with Crippen molar-refractivity contribution < 1.29 is 4.74 Å². The maximum Gasteiger partial charge on any atom is 0.323 e. The predicted molar refractivity (Wildman–Crippen MR) is 84.7 cm³/mol. The molecule has 0 aliphatic heterocycles. The third-order valence-corrected chi connectivity index (χ3v) is 4.16. The maximum atomic E-state index is 5.55. The molecule has 1 heterocycles. The normalized spacial score (nSPS) is 24.9. The van der Waals surface area contributed by atoms with Gasteiger partial charge in [-0.3, -0.25) is 0 Å². The molecule has 6 nitrogen and oxygen atoms in total. The minimum atomic E-state index is 0.393. The molecule has 2 rings (SSSR count). The summed E-state index contributed by atoms with van der Waals surface area (Å²) in [5.74, 6) is 2.55. The summed E-state index contributed by atoms with van der Waals surface area (Å²) >= 11 is 0. The Kier molecular flexibility index (Phi) is 5.59. The van der Waals surface area contributed by atoms with Gasteiger partial charge in [-0.1, -0.05) is 20.8 Å². The SMILES string of the molecule is CCCOc1nc(NCC)nc(NC2CCC(C)C2C)n1. The van der Waals surface area contributed by atoms with Crippen LogP contribution < -0.4 is 15.4 Å². The smallest absolute Gasteiger partial charge is 0.323 e. The number of hydrogen-bond acceptors (Lipinski definition) is 6. The monoisotopic (exact) mass is 293 g/mol. The summed E-state index contributed by atoms with van der Waals surface area (Å²) < 4.78 is 5.55. The molecule has 0 saturated heterocycles. The Morgan fingerprint density at radius 3 is 2.48 bits per heavy atom. The van der Waals surface area contributed by atoms with Crippen LogP contribution in [0.25, 0.3) is 0 Å². The quantitative estimate of drug-likeness (QED) is 0.805. The standard InChI is InChI=1S/C15H27N5O/c1-5-9-21-15-19-13(16-6-2)18-14(20-15)17-12-8-7-10(3)11(12)4/h10-12H,5-9H2,1-4H3,(H2,16,17,18,19,20). The molecule has 21 heavy (non-hydrogen) atoms. The fourth-order valence-corrected chi connectivity index (χ4v) is 2.65. The zero-order valence-electron chi connectivity index (χ0n) is 13.5. The van der Waals surface area contributed by atoms with Crippen molar-refractivity contribution in [1.82, 2.24) is 15.0 Å². The van der Waals surface area contributed by atoms with Gasteiger partial charge in [0.25, 0.3) is 0 Å². The van der Waals surface area contributed by atoms with Crippen molar-refractivity contribution in [2.24, 2.45) is 11.8 Å². The number of aromatic nitrogens is 3. The highest BCUT2D eigenvalue weighted by atomic mass is 16.5. The molecule has 1 aliphatic rings. The highest BCUT2D eigenvalue weighted by Gasteiger charge is 2.30. The van der Waals surface area contributed by atoms with E-state index in [4.69, 9.17) is 4.74 Å². The first-order valence-corrected chi connectivity index (χ1v) is 8.03. The molecule has 1 fully saturated rings. The van der Waals surface area contributed by atoms with Gasteiger partial charge in [0.05, 0.1) is 6.61 Å². The fourth-order valence-electron chi connectivity index (χ4n) is 2.65. The van der Waals surface area contributed by atoms with E-state index in [0.717, 1.165) is 25.3 Å². The van der Waals surface area contributed by atoms with Gasteiger partial charge in [0.15, 0.2) is 0 Å². The summed E-state index contributed by atoms with van der Waals surface area (Å²) in [5.41, 5.74) is 0. The third kappa shape index (κ3) is 4.19. The molecule has 0 radical (unpaired) electrons. The average Bonchev–Trinajstić information content (AvgIpc) is 2.77. The van der Waals surface area contributed by atoms with E-state index >= 15 is 0 Å². The summed E-state index contributed by atoms with van der Waals surface area (Å²) in [4.78, 5) is 13.1. The minimum absolute atomic E-state index is 0.393. The Labute approximate surface area is 127 Å². The lowest BCUT2D eigenvalue weighted by Crippen LogP contribution is -2.25. The molecule has 1 aromatic rings. The lowest BCUT2D eigenvalue weighted by Gasteiger charge is -2.20. The van der Waals surface area contributed by atoms with Crippen LogP contribution in [-0.2, 0) is 0 Å². The van der Waals surface area contributed by atoms with Gasteiger partial charge in [0.1, 0.15) is 0 Å². The summed E-state index contributed by atoms with van der Waals surface area (Å²) in [6.07, 6.45) is 3.35. The van der Waals surface area contributed by atoms with E-state index in [1.165, 1.54) is 6.42 Å². The minimum Gasteiger partial charge on any atom is -0.463 e. The van der Waals surface area contributed by atoms with Crippen molar-refractivity contribution in [2.45, 2.75) is 53.0 Å². The van der Waals surface area contributed by atoms with Crippen LogP contribution in [0.4, 0.5) is 11.9 Å². The number of anilines is 2. The average molecular weight is 293 g/mol. The molecule has 0 bridgehead atoms. The van der Waals surface area contributed by atoms with Gasteiger partial charge < -0.3 is 15.4 Å². The van der Waals surface area contributed by atoms with Crippen molar-refractivity contribution in [2.75, 3.05) is 23.8 Å². The number of nitrogens with one attached hydrogen (secondary N) is 2. The van der Waals surface area contributed by atoms with Gasteiger partial charge in [-0.05, 0) is 38.0 Å². The van der Waals surface area contributed by atoms with Crippen LogP contribution in [0.5, 0.6) is 6.01 Å². The van der Waals surface area contributed by atoms with E-state index in [1.54, 1.807) is 0 Å². The van der Waals surface area contributed by atoms with Gasteiger partial charge in [-0.15, -0.1) is 0 Å². The summed E-state index contributed by atoms with van der Waals surface area (Å²) in [6, 6.07) is 0.819. The second-order valence-electron chi connectivity index (χ2n) is 5.81. The second kappa shape index (κ2) is 7.43. The van der Waals surface area contributed by atoms with Gasteiger partial charge >= 0.3 is 6.01 Å². The first kappa shape index (κ1) is 15.8. The Bertz CT molecular complexity index is 454. The van der Waals surface area contributed by atoms with E-state index < -0.39 is 0 Å². The summed E-state index contributed by atoms with van der Waals surface area (Å²) in [7, 11) is 0. The maximum absolute atomic E-state index is 5.55. The first-order chi connectivity index (χ1) is 10.1. The van der Waals surface area contributed by atoms with E-state index in [0.29, 0.717) is 36.5 Å². The molecule has 6 heteroatoms. The molecule has 3 unspecified atom stereocenters. The van der Waals surface area contributed by atoms with Crippen molar-refractivity contribution in [1.29, 1.82) is 0 Å². The van der Waals surface area contributed by atoms with Crippen LogP contribution in [0.1, 0.15) is 47.0 Å². The number of hydrogen-bond donors (Lipinski definition) is 2. The van der Waals surface area contributed by atoms with Crippen LogP contribution in [0.2, 0.25) is 0 Å². The van der Waals surface area contributed by atoms with E-state index in [-0.39, 0.29) is 0 Å². The number of rotatable bonds is 7. The second-order valence-corrected chi connectivity index (χ2v) is 5.81. The molecule has 118 valence electrons. The van der Waals surface area contributed by atoms with Crippen LogP contribution in [-0.4, -0.2) is 34.1 Å². The summed E-state index contributed by atoms with van der Waals surface area (Å²) in [6.45, 7) is 10.1. The fraction of sp³-hybridized carbons (Fsp3) is 0.800. The summed E-state index contributed by atoms with van der Waals surface area (Å²) in [5, 5.41) is 6.58. The Morgan fingerprint density at radius 1 is 1.10 bits per heavy atom. The topological polar surface area (TPSA) is 72.0 Å². The zero-order valence-corrected chi connectivity index (χ0v) is 13.5. The van der Waals surface area contributed by atoms with Gasteiger partial charge in [0, 0.05) is 12.6 Å². The molecule has 1 aromatic heterocycles. The lowest BCUT2D eigenvalue weighted by molar-refractivity contribution is 0.292. The molecule has 1 saturated carbocycles. The largest absolute Gasteiger partial charge is 0.463 e. The highest BCUT2D eigenvalue weighted by Crippen LogP contribution is 2.32. The molecule has 1 aliphatic carbocycles. The lowest BCUT2D eigenvalue weighted by atomic mass is 9.98. The molecule has 0 amide bonds. The van der Waals surface area contributed by atoms with E-state index in [1.807, 2.05) is 6.92 Å². The predicted octanol–water partition coefficient (Wildman–Crippen LogP) is 2.94. The molecule has 0 aromatic carbocycles. The van der Waals surface area contributed by atoms with Crippen molar-refractivity contribution in [3.8, 4) is 6.01 Å². The van der Waals surface area contributed by atoms with Crippen LogP contribution in [0, 0.1) is 11.8 Å². The van der Waals surface area contributed by atoms with E-state index in [9.17, 15) is 0 Å². The third-order valence-electron chi connectivity index (χ3n) is 4.16. The molecular formula is C15H27N5O. The molecule has 0 spiro atoms. The molecular weight excluding hydrogens is 266 g/mol. The van der Waals surface area contributed by atoms with E-state index in [2.05, 4.69) is 46.4 Å². The van der Waals surface area contributed by atoms with Crippen molar-refractivity contribution >= 4 is 11.9 Å². The Balaban J connectivity index is 2.11. The zero-order chi connectivity index (χ0) is 15.2. The highest BCUT2D eigenvalue weighted by molar-refractivity contribution is 5.36. The van der Waals surface area contributed by atoms with Crippen LogP contribution in [0.3, 0.4) is 0 Å². The Hall–Kier alpha value is -1.59. The molecule has 2 N–H and O–H groups in total. The van der Waals surface area contributed by atoms with Crippen LogP contribution in [0.15, 0.2) is 0 Å². The van der Waals surface area contributed by atoms with Crippen LogP contribution >= 0.6 is 0 Å². The first-order valence-electron chi connectivity index (χ1n) is 8.03. The Morgan fingerprint density at radius 2 is 1.86 bits per heavy atom. The number of ether oxygens (including phenoxy) is 1. The van der Waals surface area contributed by atoms with Gasteiger partial charge in [0.2, 0.25) is 11.9 Å². The van der Waals surface area contributed by atoms with Gasteiger partial charge in [-0.2, -0.15) is 15.0 Å². The van der Waals surface area contributed by atoms with Gasteiger partial charge in [-0.25, -0.2) is 0 Å². The van der Waals surface area contributed by atoms with Crippen molar-refractivity contribution in [3.63, 3.8) is 0 Å². The van der Waals surface area contributed by atoms with Crippen molar-refractivity contribution in [3.05, 3.63) is 0 Å².